The van der Waals surface area contributed by atoms with Crippen molar-refractivity contribution in [3.05, 3.63) is 97.2 Å². The lowest BCUT2D eigenvalue weighted by Gasteiger charge is -2.41. The van der Waals surface area contributed by atoms with Crippen LogP contribution in [0.3, 0.4) is 0 Å². The van der Waals surface area contributed by atoms with Crippen molar-refractivity contribution >= 4 is 11.9 Å². The smallest absolute Gasteiger partial charge is 0.306 e. The molecule has 81 heavy (non-hydrogen) atoms. The lowest BCUT2D eigenvalue weighted by molar-refractivity contribution is -0.305. The number of rotatable bonds is 55. The molecular weight excluding hydrogens is 1010 g/mol. The van der Waals surface area contributed by atoms with E-state index in [0.29, 0.717) is 12.8 Å². The molecule has 1 amide bonds. The van der Waals surface area contributed by atoms with Crippen LogP contribution in [0.5, 0.6) is 0 Å². The van der Waals surface area contributed by atoms with Gasteiger partial charge < -0.3 is 45.1 Å². The third kappa shape index (κ3) is 44.7. The van der Waals surface area contributed by atoms with Crippen molar-refractivity contribution in [3.8, 4) is 0 Å². The topological polar surface area (TPSA) is 175 Å². The van der Waals surface area contributed by atoms with E-state index < -0.39 is 67.4 Å². The van der Waals surface area contributed by atoms with Gasteiger partial charge in [-0.25, -0.2) is 0 Å². The largest absolute Gasteiger partial charge is 0.454 e. The molecule has 0 aromatic rings. The summed E-state index contributed by atoms with van der Waals surface area (Å²) in [6.07, 6.45) is 65.7. The highest BCUT2D eigenvalue weighted by atomic mass is 16.7. The third-order valence-corrected chi connectivity index (χ3v) is 15.0. The highest BCUT2D eigenvalue weighted by molar-refractivity contribution is 5.80. The Hall–Kier alpha value is -3.42. The Morgan fingerprint density at radius 1 is 0.481 bits per heavy atom. The third-order valence-electron chi connectivity index (χ3n) is 15.0. The maximum Gasteiger partial charge on any atom is 0.306 e. The molecule has 0 spiro atoms. The molecule has 8 atom stereocenters. The van der Waals surface area contributed by atoms with Crippen molar-refractivity contribution in [2.45, 2.75) is 320 Å². The molecule has 0 aliphatic carbocycles. The first kappa shape index (κ1) is 75.6. The van der Waals surface area contributed by atoms with Crippen molar-refractivity contribution in [2.75, 3.05) is 13.2 Å². The molecular formula is C70H121NO10. The Morgan fingerprint density at radius 2 is 0.852 bits per heavy atom. The maximum atomic E-state index is 13.5. The van der Waals surface area contributed by atoms with Crippen LogP contribution in [0.4, 0.5) is 0 Å². The molecule has 466 valence electrons. The van der Waals surface area contributed by atoms with Crippen LogP contribution in [0, 0.1) is 0 Å². The van der Waals surface area contributed by atoms with Gasteiger partial charge in [-0.05, 0) is 109 Å². The first-order chi connectivity index (χ1) is 39.7. The summed E-state index contributed by atoms with van der Waals surface area (Å²) in [6.45, 7) is 5.72. The molecule has 6 N–H and O–H groups in total. The van der Waals surface area contributed by atoms with E-state index in [1.165, 1.54) is 109 Å². The number of amides is 1. The number of esters is 1. The van der Waals surface area contributed by atoms with Gasteiger partial charge in [-0.15, -0.1) is 0 Å². The van der Waals surface area contributed by atoms with Crippen LogP contribution < -0.4 is 5.32 Å². The molecule has 0 radical (unpaired) electrons. The van der Waals surface area contributed by atoms with E-state index in [1.807, 2.05) is 6.08 Å². The summed E-state index contributed by atoms with van der Waals surface area (Å²) in [6, 6.07) is -1.04. The van der Waals surface area contributed by atoms with Gasteiger partial charge in [0.15, 0.2) is 12.4 Å². The van der Waals surface area contributed by atoms with Crippen LogP contribution in [0.1, 0.15) is 271 Å². The fourth-order valence-electron chi connectivity index (χ4n) is 9.70. The van der Waals surface area contributed by atoms with E-state index in [9.17, 15) is 35.1 Å². The van der Waals surface area contributed by atoms with E-state index in [-0.39, 0.29) is 19.4 Å². The second-order valence-corrected chi connectivity index (χ2v) is 22.5. The van der Waals surface area contributed by atoms with Crippen molar-refractivity contribution in [1.82, 2.24) is 5.32 Å². The second-order valence-electron chi connectivity index (χ2n) is 22.5. The Balaban J connectivity index is 2.69. The number of unbranched alkanes of at least 4 members (excludes halogenated alkanes) is 27. The zero-order valence-electron chi connectivity index (χ0n) is 51.6. The zero-order chi connectivity index (χ0) is 58.9. The number of hydrogen-bond donors (Lipinski definition) is 6. The van der Waals surface area contributed by atoms with E-state index in [4.69, 9.17) is 14.2 Å². The van der Waals surface area contributed by atoms with Gasteiger partial charge in [-0.1, -0.05) is 253 Å². The summed E-state index contributed by atoms with van der Waals surface area (Å²) < 4.78 is 17.6. The number of aliphatic hydroxyl groups excluding tert-OH is 5. The molecule has 1 rings (SSSR count). The Morgan fingerprint density at radius 3 is 1.30 bits per heavy atom. The number of hydrogen-bond acceptors (Lipinski definition) is 10. The van der Waals surface area contributed by atoms with Gasteiger partial charge in [0.1, 0.15) is 24.4 Å². The van der Waals surface area contributed by atoms with E-state index in [2.05, 4.69) is 111 Å². The van der Waals surface area contributed by atoms with Crippen LogP contribution >= 0.6 is 0 Å². The number of nitrogens with one attached hydrogen (secondary N) is 1. The predicted octanol–water partition coefficient (Wildman–Crippen LogP) is 16.3. The van der Waals surface area contributed by atoms with Crippen molar-refractivity contribution in [1.29, 1.82) is 0 Å². The van der Waals surface area contributed by atoms with Crippen molar-refractivity contribution in [3.63, 3.8) is 0 Å². The number of aliphatic hydroxyl groups is 5. The highest BCUT2D eigenvalue weighted by Gasteiger charge is 2.47. The molecule has 0 aromatic carbocycles. The molecule has 1 aliphatic heterocycles. The van der Waals surface area contributed by atoms with Gasteiger partial charge in [0.05, 0.1) is 25.4 Å². The first-order valence-corrected chi connectivity index (χ1v) is 33.0. The molecule has 1 aliphatic rings. The minimum atomic E-state index is -1.63. The minimum absolute atomic E-state index is 0.102. The van der Waals surface area contributed by atoms with Crippen LogP contribution in [0.25, 0.3) is 0 Å². The predicted molar refractivity (Wildman–Crippen MR) is 338 cm³/mol. The Kier molecular flexibility index (Phi) is 53.2. The highest BCUT2D eigenvalue weighted by Crippen LogP contribution is 2.26. The van der Waals surface area contributed by atoms with E-state index in [1.54, 1.807) is 6.08 Å². The van der Waals surface area contributed by atoms with Gasteiger partial charge in [0.2, 0.25) is 5.91 Å². The Bertz CT molecular complexity index is 1690. The molecule has 0 aromatic heterocycles. The summed E-state index contributed by atoms with van der Waals surface area (Å²) in [5.41, 5.74) is 0. The van der Waals surface area contributed by atoms with E-state index in [0.717, 1.165) is 116 Å². The van der Waals surface area contributed by atoms with Crippen molar-refractivity contribution < 1.29 is 49.3 Å². The summed E-state index contributed by atoms with van der Waals surface area (Å²) in [5.74, 6) is -1.23. The summed E-state index contributed by atoms with van der Waals surface area (Å²) in [4.78, 5) is 26.6. The average Bonchev–Trinajstić information content (AvgIpc) is 3.46. The summed E-state index contributed by atoms with van der Waals surface area (Å²) >= 11 is 0. The normalized spacial score (nSPS) is 19.3. The molecule has 1 fully saturated rings. The summed E-state index contributed by atoms with van der Waals surface area (Å²) in [5, 5.41) is 57.1. The maximum absolute atomic E-state index is 13.5. The molecule has 1 heterocycles. The first-order valence-electron chi connectivity index (χ1n) is 33.0. The number of carbonyl (C=O) groups excluding carboxylic acids is 2. The van der Waals surface area contributed by atoms with Crippen LogP contribution in [-0.2, 0) is 23.8 Å². The lowest BCUT2D eigenvalue weighted by Crippen LogP contribution is -2.61. The van der Waals surface area contributed by atoms with Crippen molar-refractivity contribution in [2.24, 2.45) is 0 Å². The molecule has 11 heteroatoms. The van der Waals surface area contributed by atoms with Crippen LogP contribution in [-0.4, -0.2) is 99.6 Å². The molecule has 0 bridgehead atoms. The zero-order valence-corrected chi connectivity index (χ0v) is 51.6. The number of ether oxygens (including phenoxy) is 3. The van der Waals surface area contributed by atoms with Gasteiger partial charge >= 0.3 is 5.97 Å². The molecule has 11 nitrogen and oxygen atoms in total. The molecule has 0 saturated carbocycles. The van der Waals surface area contributed by atoms with Gasteiger partial charge in [0.25, 0.3) is 0 Å². The Labute approximate surface area is 495 Å². The monoisotopic (exact) mass is 1140 g/mol. The number of carbonyl (C=O) groups is 2. The number of allylic oxidation sites excluding steroid dienone is 15. The van der Waals surface area contributed by atoms with E-state index >= 15 is 0 Å². The van der Waals surface area contributed by atoms with Gasteiger partial charge in [0, 0.05) is 6.42 Å². The quantitative estimate of drug-likeness (QED) is 0.0195. The fraction of sp³-hybridized carbons (Fsp3) is 0.743. The molecule has 8 unspecified atom stereocenters. The molecule has 1 saturated heterocycles. The van der Waals surface area contributed by atoms with Crippen LogP contribution in [0.15, 0.2) is 97.2 Å². The second kappa shape index (κ2) is 57.0. The van der Waals surface area contributed by atoms with Gasteiger partial charge in [-0.3, -0.25) is 9.59 Å². The standard InChI is InChI=1S/C70H121NO10/c1-4-7-10-13-16-19-22-25-27-29-31-33-34-36-39-42-45-48-51-54-57-63(74)69(78)71-61(62(73)56-53-50-47-44-41-38-24-21-18-15-12-9-6-3)60-79-70-68(67(77)66(76)64(59-72)80-70)81-65(75)58-55-52-49-46-43-40-37-35-32-30-28-26-23-20-17-14-11-8-5-2/h16-17,19-20,25-28,31-33,35-36,39,53,56,61-64,66-68,70,72-74,76-77H,4-15,18,21-24,29-30,34,37-38,40-52,54-55,57-60H2,1-3H3,(H,71,78)/b19-16-,20-17-,27-25-,28-26-,33-31-,35-32-,39-36-,56-53+. The fourth-order valence-corrected chi connectivity index (χ4v) is 9.70. The van der Waals surface area contributed by atoms with Crippen LogP contribution in [0.2, 0.25) is 0 Å². The average molecular weight is 1140 g/mol. The van der Waals surface area contributed by atoms with Gasteiger partial charge in [-0.2, -0.15) is 0 Å². The minimum Gasteiger partial charge on any atom is -0.454 e. The SMILES string of the molecule is CCCCC/C=C\C/C=C\C/C=C\C/C=C\CCCCCCC(O)C(=O)NC(COC1OC(CO)C(O)C(O)C1OC(=O)CCCCCCCC/C=C\C/C=C\C/C=C\CCCCC)C(O)/C=C/CCCCCCCCCCCCC. The summed E-state index contributed by atoms with van der Waals surface area (Å²) in [7, 11) is 0. The lowest BCUT2D eigenvalue weighted by atomic mass is 9.99.